The molecule has 2 heterocycles. The maximum atomic E-state index is 4.84. The molecule has 0 aliphatic heterocycles. The lowest BCUT2D eigenvalue weighted by atomic mass is 10.0. The van der Waals surface area contributed by atoms with E-state index in [0.29, 0.717) is 0 Å². The summed E-state index contributed by atoms with van der Waals surface area (Å²) in [5, 5.41) is 2.37. The first-order chi connectivity index (χ1) is 11.8. The molecule has 0 N–H and O–H groups in total. The van der Waals surface area contributed by atoms with Crippen molar-refractivity contribution < 1.29 is 0 Å². The van der Waals surface area contributed by atoms with E-state index in [9.17, 15) is 0 Å². The molecule has 0 aliphatic carbocycles. The maximum Gasteiger partial charge on any atom is 0.0712 e. The van der Waals surface area contributed by atoms with Crippen molar-refractivity contribution in [3.8, 4) is 11.3 Å². The summed E-state index contributed by atoms with van der Waals surface area (Å²) < 4.78 is 0. The summed E-state index contributed by atoms with van der Waals surface area (Å²) in [6, 6.07) is 21.4. The van der Waals surface area contributed by atoms with Crippen LogP contribution in [0.5, 0.6) is 0 Å². The van der Waals surface area contributed by atoms with Crippen molar-refractivity contribution in [2.75, 3.05) is 0 Å². The number of nitrogens with zero attached hydrogens (tertiary/aromatic N) is 2. The minimum absolute atomic E-state index is 0.953. The van der Waals surface area contributed by atoms with E-state index in [4.69, 9.17) is 9.97 Å². The van der Waals surface area contributed by atoms with Crippen molar-refractivity contribution in [2.24, 2.45) is 0 Å². The van der Waals surface area contributed by atoms with Gasteiger partial charge in [0.05, 0.1) is 16.7 Å². The molecule has 2 aromatic heterocycles. The van der Waals surface area contributed by atoms with E-state index in [1.54, 1.807) is 0 Å². The molecule has 0 saturated carbocycles. The fraction of sp³-hybridized carbons (Fsp3) is 0.182. The van der Waals surface area contributed by atoms with Gasteiger partial charge in [0.25, 0.3) is 0 Å². The molecule has 0 radical (unpaired) electrons. The minimum Gasteiger partial charge on any atom is -0.253 e. The Kier molecular flexibility index (Phi) is 3.73. The third kappa shape index (κ3) is 2.65. The zero-order valence-electron chi connectivity index (χ0n) is 14.1. The van der Waals surface area contributed by atoms with Crippen molar-refractivity contribution in [1.29, 1.82) is 0 Å². The highest BCUT2D eigenvalue weighted by molar-refractivity contribution is 5.86. The third-order valence-corrected chi connectivity index (χ3v) is 4.57. The number of aryl methyl sites for hydroxylation is 2. The topological polar surface area (TPSA) is 25.8 Å². The second-order valence-corrected chi connectivity index (χ2v) is 6.14. The number of hydrogen-bond donors (Lipinski definition) is 0. The first-order valence-electron chi connectivity index (χ1n) is 8.56. The van der Waals surface area contributed by atoms with E-state index >= 15 is 0 Å². The van der Waals surface area contributed by atoms with E-state index in [1.807, 2.05) is 0 Å². The average molecular weight is 312 g/mol. The molecule has 0 saturated heterocycles. The zero-order valence-corrected chi connectivity index (χ0v) is 14.1. The molecule has 0 atom stereocenters. The highest BCUT2D eigenvalue weighted by Crippen LogP contribution is 2.25. The SMILES string of the molecule is CCc1ccc2nc(-c3ccc4ccc(CC)nc4c3)ccc2c1. The van der Waals surface area contributed by atoms with E-state index in [-0.39, 0.29) is 0 Å². The number of pyridine rings is 2. The normalized spacial score (nSPS) is 11.2. The van der Waals surface area contributed by atoms with Gasteiger partial charge >= 0.3 is 0 Å². The van der Waals surface area contributed by atoms with Gasteiger partial charge in [-0.25, -0.2) is 4.98 Å². The van der Waals surface area contributed by atoms with Crippen LogP contribution in [0.4, 0.5) is 0 Å². The smallest absolute Gasteiger partial charge is 0.0712 e. The van der Waals surface area contributed by atoms with E-state index in [1.165, 1.54) is 16.3 Å². The molecule has 0 fully saturated rings. The van der Waals surface area contributed by atoms with Gasteiger partial charge in [-0.1, -0.05) is 44.2 Å². The molecular weight excluding hydrogens is 292 g/mol. The first kappa shape index (κ1) is 14.8. The molecule has 2 heteroatoms. The standard InChI is InChI=1S/C22H20N2/c1-3-15-5-11-20-17(13-15)9-12-21(24-20)18-7-6-16-8-10-19(4-2)23-22(16)14-18/h5-14H,3-4H2,1-2H3. The van der Waals surface area contributed by atoms with Gasteiger partial charge < -0.3 is 0 Å². The fourth-order valence-corrected chi connectivity index (χ4v) is 3.07. The highest BCUT2D eigenvalue weighted by atomic mass is 14.7. The second kappa shape index (κ2) is 6.04. The lowest BCUT2D eigenvalue weighted by molar-refractivity contribution is 1.06. The Hall–Kier alpha value is -2.74. The Balaban J connectivity index is 1.82. The maximum absolute atomic E-state index is 4.84. The van der Waals surface area contributed by atoms with Crippen LogP contribution in [0.25, 0.3) is 33.1 Å². The molecule has 0 amide bonds. The van der Waals surface area contributed by atoms with Gasteiger partial charge in [0.15, 0.2) is 0 Å². The molecule has 2 nitrogen and oxygen atoms in total. The number of aromatic nitrogens is 2. The van der Waals surface area contributed by atoms with Gasteiger partial charge in [-0.15, -0.1) is 0 Å². The van der Waals surface area contributed by atoms with Crippen LogP contribution in [0, 0.1) is 0 Å². The summed E-state index contributed by atoms with van der Waals surface area (Å²) in [4.78, 5) is 9.58. The highest BCUT2D eigenvalue weighted by Gasteiger charge is 2.05. The minimum atomic E-state index is 0.953. The van der Waals surface area contributed by atoms with Crippen molar-refractivity contribution in [3.63, 3.8) is 0 Å². The van der Waals surface area contributed by atoms with Crippen molar-refractivity contribution in [3.05, 3.63) is 71.9 Å². The van der Waals surface area contributed by atoms with Crippen LogP contribution in [0.2, 0.25) is 0 Å². The summed E-state index contributed by atoms with van der Waals surface area (Å²) in [5.74, 6) is 0. The number of rotatable bonds is 3. The van der Waals surface area contributed by atoms with Gasteiger partial charge in [-0.3, -0.25) is 4.98 Å². The molecule has 0 aliphatic rings. The number of fused-ring (bicyclic) bond motifs is 2. The van der Waals surface area contributed by atoms with Gasteiger partial charge in [0, 0.05) is 22.0 Å². The van der Waals surface area contributed by atoms with Crippen molar-refractivity contribution in [1.82, 2.24) is 9.97 Å². The lowest BCUT2D eigenvalue weighted by Crippen LogP contribution is -1.90. The van der Waals surface area contributed by atoms with Crippen LogP contribution in [0.3, 0.4) is 0 Å². The summed E-state index contributed by atoms with van der Waals surface area (Å²) >= 11 is 0. The van der Waals surface area contributed by atoms with Crippen LogP contribution in [-0.4, -0.2) is 9.97 Å². The monoisotopic (exact) mass is 312 g/mol. The largest absolute Gasteiger partial charge is 0.253 e. The fourth-order valence-electron chi connectivity index (χ4n) is 3.07. The van der Waals surface area contributed by atoms with Crippen LogP contribution in [-0.2, 0) is 12.8 Å². The summed E-state index contributed by atoms with van der Waals surface area (Å²) in [6.45, 7) is 4.31. The van der Waals surface area contributed by atoms with Crippen molar-refractivity contribution >= 4 is 21.8 Å². The Morgan fingerprint density at radius 3 is 2.33 bits per heavy atom. The molecular formula is C22H20N2. The molecule has 0 unspecified atom stereocenters. The summed E-state index contributed by atoms with van der Waals surface area (Å²) in [7, 11) is 0. The molecule has 24 heavy (non-hydrogen) atoms. The number of benzene rings is 2. The van der Waals surface area contributed by atoms with Crippen LogP contribution >= 0.6 is 0 Å². The molecule has 0 spiro atoms. The molecule has 0 bridgehead atoms. The predicted molar refractivity (Wildman–Crippen MR) is 101 cm³/mol. The van der Waals surface area contributed by atoms with Crippen LogP contribution < -0.4 is 0 Å². The first-order valence-corrected chi connectivity index (χ1v) is 8.56. The predicted octanol–water partition coefficient (Wildman–Crippen LogP) is 5.57. The van der Waals surface area contributed by atoms with Crippen molar-refractivity contribution in [2.45, 2.75) is 26.7 Å². The molecule has 4 rings (SSSR count). The Labute approximate surface area is 142 Å². The Morgan fingerprint density at radius 1 is 0.667 bits per heavy atom. The second-order valence-electron chi connectivity index (χ2n) is 6.14. The van der Waals surface area contributed by atoms with Gasteiger partial charge in [0.1, 0.15) is 0 Å². The Morgan fingerprint density at radius 2 is 1.50 bits per heavy atom. The number of hydrogen-bond acceptors (Lipinski definition) is 2. The zero-order chi connectivity index (χ0) is 16.5. The lowest BCUT2D eigenvalue weighted by Gasteiger charge is -2.07. The quantitative estimate of drug-likeness (QED) is 0.494. The van der Waals surface area contributed by atoms with E-state index in [0.717, 1.165) is 40.8 Å². The van der Waals surface area contributed by atoms with E-state index < -0.39 is 0 Å². The molecule has 118 valence electrons. The molecule has 2 aromatic carbocycles. The van der Waals surface area contributed by atoms with Gasteiger partial charge in [-0.2, -0.15) is 0 Å². The summed E-state index contributed by atoms with van der Waals surface area (Å²) in [6.07, 6.45) is 2.00. The van der Waals surface area contributed by atoms with E-state index in [2.05, 4.69) is 74.5 Å². The third-order valence-electron chi connectivity index (χ3n) is 4.57. The average Bonchev–Trinajstić information content (AvgIpc) is 2.66. The van der Waals surface area contributed by atoms with Crippen LogP contribution in [0.15, 0.2) is 60.7 Å². The summed E-state index contributed by atoms with van der Waals surface area (Å²) in [5.41, 5.74) is 6.66. The molecule has 4 aromatic rings. The van der Waals surface area contributed by atoms with Gasteiger partial charge in [0.2, 0.25) is 0 Å². The Bertz CT molecular complexity index is 1030. The van der Waals surface area contributed by atoms with Crippen LogP contribution in [0.1, 0.15) is 25.1 Å². The van der Waals surface area contributed by atoms with Gasteiger partial charge in [-0.05, 0) is 48.7 Å².